The third-order valence-corrected chi connectivity index (χ3v) is 6.17. The number of allylic oxidation sites excluding steroid dienone is 1. The van der Waals surface area contributed by atoms with E-state index in [0.29, 0.717) is 19.3 Å². The molecule has 0 spiro atoms. The molecule has 4 nitrogen and oxygen atoms in total. The van der Waals surface area contributed by atoms with Crippen LogP contribution in [0.3, 0.4) is 0 Å². The van der Waals surface area contributed by atoms with Gasteiger partial charge in [0.1, 0.15) is 0 Å². The van der Waals surface area contributed by atoms with Gasteiger partial charge in [-0.15, -0.1) is 0 Å². The van der Waals surface area contributed by atoms with Crippen LogP contribution in [0.2, 0.25) is 0 Å². The summed E-state index contributed by atoms with van der Waals surface area (Å²) < 4.78 is 0. The molecule has 0 saturated heterocycles. The van der Waals surface area contributed by atoms with Crippen LogP contribution in [0.4, 0.5) is 0 Å². The van der Waals surface area contributed by atoms with E-state index in [4.69, 9.17) is 0 Å². The van der Waals surface area contributed by atoms with Crippen LogP contribution in [0, 0.1) is 16.7 Å². The number of fused-ring (bicyclic) bond motifs is 2. The predicted molar refractivity (Wildman–Crippen MR) is 69.5 cm³/mol. The molecular weight excluding hydrogens is 244 g/mol. The number of hydrogen-bond acceptors (Lipinski definition) is 3. The van der Waals surface area contributed by atoms with E-state index in [0.717, 1.165) is 24.0 Å². The zero-order valence-corrected chi connectivity index (χ0v) is 11.6. The fourth-order valence-corrected chi connectivity index (χ4v) is 4.68. The maximum Gasteiger partial charge on any atom is 0.309 e. The first kappa shape index (κ1) is 13.1. The lowest BCUT2D eigenvalue weighted by molar-refractivity contribution is -0.177. The topological polar surface area (TPSA) is 77.8 Å². The molecular formula is C15H22O4. The Morgan fingerprint density at radius 3 is 2.53 bits per heavy atom. The minimum absolute atomic E-state index is 0.00555. The van der Waals surface area contributed by atoms with Crippen molar-refractivity contribution in [1.82, 2.24) is 0 Å². The van der Waals surface area contributed by atoms with Crippen LogP contribution < -0.4 is 0 Å². The van der Waals surface area contributed by atoms with Gasteiger partial charge in [-0.1, -0.05) is 5.57 Å². The highest BCUT2D eigenvalue weighted by atomic mass is 16.4. The molecule has 3 aliphatic carbocycles. The highest BCUT2D eigenvalue weighted by molar-refractivity contribution is 5.75. The maximum absolute atomic E-state index is 11.4. The molecule has 4 atom stereocenters. The summed E-state index contributed by atoms with van der Waals surface area (Å²) in [6, 6.07) is 0. The van der Waals surface area contributed by atoms with Crippen molar-refractivity contribution in [1.29, 1.82) is 0 Å². The van der Waals surface area contributed by atoms with E-state index < -0.39 is 22.4 Å². The lowest BCUT2D eigenvalue weighted by Gasteiger charge is -2.60. The Hall–Kier alpha value is -0.870. The number of carboxylic acid groups (broad SMARTS) is 1. The standard InChI is InChI=1S/C15H22O4/c1-9-11-7-13(2,12(17)18)5-10(11)6-14(8-16)3-4-15(9,14)19/h10,16,19H,3-8H2,1-2H3,(H,17,18)/t10-,13-,14-,15-/m0/s1. The molecule has 0 amide bonds. The number of rotatable bonds is 2. The van der Waals surface area contributed by atoms with Crippen LogP contribution in [-0.2, 0) is 4.79 Å². The third-order valence-electron chi connectivity index (χ3n) is 6.17. The van der Waals surface area contributed by atoms with Crippen LogP contribution in [0.1, 0.15) is 46.0 Å². The smallest absolute Gasteiger partial charge is 0.309 e. The quantitative estimate of drug-likeness (QED) is 0.665. The molecule has 0 aromatic rings. The Bertz CT molecular complexity index is 479. The molecule has 0 aliphatic heterocycles. The highest BCUT2D eigenvalue weighted by Gasteiger charge is 2.64. The fourth-order valence-electron chi connectivity index (χ4n) is 4.68. The lowest BCUT2D eigenvalue weighted by atomic mass is 9.48. The molecule has 19 heavy (non-hydrogen) atoms. The van der Waals surface area contributed by atoms with E-state index in [1.54, 1.807) is 6.92 Å². The van der Waals surface area contributed by atoms with Gasteiger partial charge in [0.25, 0.3) is 0 Å². The summed E-state index contributed by atoms with van der Waals surface area (Å²) in [5, 5.41) is 30.0. The van der Waals surface area contributed by atoms with Gasteiger partial charge >= 0.3 is 5.97 Å². The second-order valence-corrected chi connectivity index (χ2v) is 7.10. The number of carbonyl (C=O) groups is 1. The van der Waals surface area contributed by atoms with Crippen LogP contribution in [0.25, 0.3) is 0 Å². The molecule has 0 unspecified atom stereocenters. The number of hydrogen-bond donors (Lipinski definition) is 3. The first-order chi connectivity index (χ1) is 8.78. The molecule has 106 valence electrons. The molecule has 4 heteroatoms. The van der Waals surface area contributed by atoms with Crippen molar-refractivity contribution in [3.8, 4) is 0 Å². The summed E-state index contributed by atoms with van der Waals surface area (Å²) in [6.07, 6.45) is 3.44. The second kappa shape index (κ2) is 3.61. The number of aliphatic hydroxyl groups excluding tert-OH is 1. The highest BCUT2D eigenvalue weighted by Crippen LogP contribution is 2.65. The van der Waals surface area contributed by atoms with E-state index in [2.05, 4.69) is 0 Å². The Labute approximate surface area is 113 Å². The minimum Gasteiger partial charge on any atom is -0.481 e. The summed E-state index contributed by atoms with van der Waals surface area (Å²) >= 11 is 0. The minimum atomic E-state index is -0.892. The van der Waals surface area contributed by atoms with Crippen LogP contribution >= 0.6 is 0 Å². The zero-order valence-electron chi connectivity index (χ0n) is 11.6. The van der Waals surface area contributed by atoms with Crippen LogP contribution in [0.15, 0.2) is 11.1 Å². The van der Waals surface area contributed by atoms with Gasteiger partial charge in [0.2, 0.25) is 0 Å². The van der Waals surface area contributed by atoms with Crippen molar-refractivity contribution < 1.29 is 20.1 Å². The summed E-state index contributed by atoms with van der Waals surface area (Å²) in [5.41, 5.74) is 0.0508. The van der Waals surface area contributed by atoms with Gasteiger partial charge in [0, 0.05) is 5.41 Å². The molecule has 3 aliphatic rings. The van der Waals surface area contributed by atoms with Crippen molar-refractivity contribution >= 4 is 5.97 Å². The van der Waals surface area contributed by atoms with Crippen molar-refractivity contribution in [3.05, 3.63) is 11.1 Å². The van der Waals surface area contributed by atoms with Gasteiger partial charge in [-0.2, -0.15) is 0 Å². The first-order valence-corrected chi connectivity index (χ1v) is 7.05. The first-order valence-electron chi connectivity index (χ1n) is 7.05. The normalized spacial score (nSPS) is 48.5. The monoisotopic (exact) mass is 266 g/mol. The largest absolute Gasteiger partial charge is 0.481 e. The average molecular weight is 266 g/mol. The summed E-state index contributed by atoms with van der Waals surface area (Å²) in [4.78, 5) is 11.4. The molecule has 0 aromatic heterocycles. The third kappa shape index (κ3) is 1.39. The molecule has 3 rings (SSSR count). The fraction of sp³-hybridized carbons (Fsp3) is 0.800. The van der Waals surface area contributed by atoms with E-state index >= 15 is 0 Å². The number of aliphatic hydroxyl groups is 2. The van der Waals surface area contributed by atoms with Crippen molar-refractivity contribution in [2.75, 3.05) is 6.61 Å². The number of aliphatic carboxylic acids is 1. The molecule has 2 fully saturated rings. The lowest BCUT2D eigenvalue weighted by Crippen LogP contribution is -2.62. The van der Waals surface area contributed by atoms with Gasteiger partial charge in [0.05, 0.1) is 17.6 Å². The summed E-state index contributed by atoms with van der Waals surface area (Å²) in [5.74, 6) is -0.534. The SMILES string of the molecule is CC1=C2C[C@@](C)(C(=O)O)C[C@H]2C[C@]2(CO)CC[C@]12O. The average Bonchev–Trinajstić information content (AvgIpc) is 2.70. The number of carboxylic acids is 1. The summed E-state index contributed by atoms with van der Waals surface area (Å²) in [7, 11) is 0. The van der Waals surface area contributed by atoms with Gasteiger partial charge in [-0.25, -0.2) is 0 Å². The second-order valence-electron chi connectivity index (χ2n) is 7.10. The Morgan fingerprint density at radius 1 is 1.37 bits per heavy atom. The van der Waals surface area contributed by atoms with Gasteiger partial charge in [0.15, 0.2) is 0 Å². The summed E-state index contributed by atoms with van der Waals surface area (Å²) in [6.45, 7) is 3.72. The van der Waals surface area contributed by atoms with E-state index in [9.17, 15) is 20.1 Å². The van der Waals surface area contributed by atoms with E-state index in [-0.39, 0.29) is 12.5 Å². The molecule has 2 saturated carbocycles. The van der Waals surface area contributed by atoms with Gasteiger partial charge < -0.3 is 15.3 Å². The Morgan fingerprint density at radius 2 is 2.05 bits per heavy atom. The molecule has 0 radical (unpaired) electrons. The maximum atomic E-state index is 11.4. The van der Waals surface area contributed by atoms with Crippen molar-refractivity contribution in [3.63, 3.8) is 0 Å². The molecule has 0 aromatic carbocycles. The van der Waals surface area contributed by atoms with Crippen LogP contribution in [0.5, 0.6) is 0 Å². The van der Waals surface area contributed by atoms with Crippen molar-refractivity contribution in [2.45, 2.75) is 51.6 Å². The van der Waals surface area contributed by atoms with Gasteiger partial charge in [-0.05, 0) is 57.4 Å². The Balaban J connectivity index is 2.03. The predicted octanol–water partition coefficient (Wildman–Crippen LogP) is 1.71. The van der Waals surface area contributed by atoms with E-state index in [1.807, 2.05) is 6.92 Å². The van der Waals surface area contributed by atoms with E-state index in [1.165, 1.54) is 0 Å². The molecule has 0 heterocycles. The zero-order chi connectivity index (χ0) is 14.1. The van der Waals surface area contributed by atoms with Crippen LogP contribution in [-0.4, -0.2) is 33.5 Å². The molecule has 3 N–H and O–H groups in total. The van der Waals surface area contributed by atoms with Crippen molar-refractivity contribution in [2.24, 2.45) is 16.7 Å². The van der Waals surface area contributed by atoms with Gasteiger partial charge in [-0.3, -0.25) is 4.79 Å². The Kier molecular flexibility index (Phi) is 2.50. The molecule has 0 bridgehead atoms.